The van der Waals surface area contributed by atoms with Crippen molar-refractivity contribution in [1.29, 1.82) is 0 Å². The molecule has 406 valence electrons. The number of hydrogen-bond acceptors (Lipinski definition) is 5. The maximum atomic E-state index is 6.79. The van der Waals surface area contributed by atoms with Crippen LogP contribution in [0.2, 0.25) is 0 Å². The van der Waals surface area contributed by atoms with Gasteiger partial charge in [0.1, 0.15) is 5.82 Å². The smallest absolute Gasteiger partial charge is 0.135 e. The minimum atomic E-state index is -0.157. The molecule has 3 aromatic heterocycles. The van der Waals surface area contributed by atoms with Gasteiger partial charge in [0.15, 0.2) is 0 Å². The Morgan fingerprint density at radius 2 is 0.974 bits per heavy atom. The SMILES string of the molecule is CC(C)(C)c1cc(-c2cc(C(C)(C)C)cc(-c3cc(C(C)(C)C)cc(C(C)(C)C)c3)c2N2[CH-]N(c3[c-]c(Oc4[c-]c5c(cc4)c4ccccc4n5-c4cc(C(C)(C)C)ccn4)ccc3)c3cnccc32)cc(C(C)(C)C)c1.[Pt]. The molecule has 0 aliphatic carbocycles. The van der Waals surface area contributed by atoms with Gasteiger partial charge in [-0.1, -0.05) is 185 Å². The van der Waals surface area contributed by atoms with Gasteiger partial charge in [-0.2, -0.15) is 12.1 Å². The molecule has 0 bridgehead atoms. The van der Waals surface area contributed by atoms with Crippen LogP contribution in [0.3, 0.4) is 0 Å². The van der Waals surface area contributed by atoms with Crippen molar-refractivity contribution >= 4 is 44.6 Å². The topological polar surface area (TPSA) is 46.4 Å². The summed E-state index contributed by atoms with van der Waals surface area (Å²) in [4.78, 5) is 14.3. The van der Waals surface area contributed by atoms with Crippen molar-refractivity contribution in [2.75, 3.05) is 9.80 Å². The van der Waals surface area contributed by atoms with Crippen molar-refractivity contribution in [2.24, 2.45) is 0 Å². The first-order valence-electron chi connectivity index (χ1n) is 27.4. The molecule has 10 rings (SSSR count). The molecule has 78 heavy (non-hydrogen) atoms. The molecule has 0 spiro atoms. The molecule has 1 aliphatic rings. The van der Waals surface area contributed by atoms with Gasteiger partial charge in [0.05, 0.1) is 5.69 Å². The first-order chi connectivity index (χ1) is 35.9. The number of para-hydroxylation sites is 1. The van der Waals surface area contributed by atoms with Crippen LogP contribution in [0, 0.1) is 18.8 Å². The van der Waals surface area contributed by atoms with Gasteiger partial charge < -0.3 is 19.1 Å². The Balaban J connectivity index is 0.00000740. The van der Waals surface area contributed by atoms with Gasteiger partial charge >= 0.3 is 0 Å². The third-order valence-corrected chi connectivity index (χ3v) is 15.3. The molecule has 0 saturated carbocycles. The summed E-state index contributed by atoms with van der Waals surface area (Å²) in [6.07, 6.45) is 5.78. The van der Waals surface area contributed by atoms with Crippen LogP contribution in [0.1, 0.15) is 158 Å². The van der Waals surface area contributed by atoms with Crippen LogP contribution < -0.4 is 14.5 Å². The number of hydrogen-bond donors (Lipinski definition) is 0. The van der Waals surface area contributed by atoms with Crippen LogP contribution in [0.4, 0.5) is 22.7 Å². The minimum absolute atomic E-state index is 0. The zero-order valence-electron chi connectivity index (χ0n) is 49.3. The average Bonchev–Trinajstić information content (AvgIpc) is 4.11. The molecule has 0 radical (unpaired) electrons. The normalized spacial score (nSPS) is 13.6. The quantitative estimate of drug-likeness (QED) is 0.149. The van der Waals surface area contributed by atoms with E-state index in [1.54, 1.807) is 0 Å². The fraction of sp³-hybridized carbons (Fsp3) is 0.338. The molecule has 1 aliphatic heterocycles. The van der Waals surface area contributed by atoms with Gasteiger partial charge in [0.25, 0.3) is 0 Å². The molecule has 0 N–H and O–H groups in total. The van der Waals surface area contributed by atoms with Crippen molar-refractivity contribution in [2.45, 2.75) is 157 Å². The largest absolute Gasteiger partial charge is 0.509 e. The van der Waals surface area contributed by atoms with Gasteiger partial charge in [-0.25, -0.2) is 4.98 Å². The number of anilines is 4. The number of ether oxygens (including phenoxy) is 1. The molecule has 0 amide bonds. The van der Waals surface area contributed by atoms with Gasteiger partial charge in [-0.3, -0.25) is 4.98 Å². The van der Waals surface area contributed by atoms with Crippen molar-refractivity contribution in [3.63, 3.8) is 0 Å². The van der Waals surface area contributed by atoms with Gasteiger partial charge in [0, 0.05) is 79.2 Å². The number of benzene rings is 6. The van der Waals surface area contributed by atoms with E-state index in [-0.39, 0.29) is 53.6 Å². The van der Waals surface area contributed by atoms with Crippen molar-refractivity contribution in [3.05, 3.63) is 192 Å². The van der Waals surface area contributed by atoms with E-state index in [9.17, 15) is 0 Å². The van der Waals surface area contributed by atoms with Crippen LogP contribution in [-0.4, -0.2) is 14.5 Å². The second-order valence-electron chi connectivity index (χ2n) is 27.6. The fourth-order valence-electron chi connectivity index (χ4n) is 10.4. The number of fused-ring (bicyclic) bond motifs is 4. The molecule has 7 heteroatoms. The summed E-state index contributed by atoms with van der Waals surface area (Å²) >= 11 is 0. The summed E-state index contributed by atoms with van der Waals surface area (Å²) < 4.78 is 8.99. The third kappa shape index (κ3) is 11.0. The molecule has 4 heterocycles. The monoisotopic (exact) mass is 1210 g/mol. The maximum absolute atomic E-state index is 6.79. The predicted octanol–water partition coefficient (Wildman–Crippen LogP) is 19.5. The predicted molar refractivity (Wildman–Crippen MR) is 325 cm³/mol. The number of aromatic nitrogens is 3. The van der Waals surface area contributed by atoms with E-state index in [4.69, 9.17) is 14.7 Å². The van der Waals surface area contributed by atoms with Crippen LogP contribution in [-0.2, 0) is 53.6 Å². The zero-order valence-corrected chi connectivity index (χ0v) is 51.6. The molecular weight excluding hydrogens is 1130 g/mol. The number of nitrogens with zero attached hydrogens (tertiary/aromatic N) is 5. The second kappa shape index (κ2) is 20.0. The summed E-state index contributed by atoms with van der Waals surface area (Å²) in [5.74, 6) is 2.01. The van der Waals surface area contributed by atoms with Gasteiger partial charge in [0.2, 0.25) is 0 Å². The molecule has 0 atom stereocenters. The second-order valence-corrected chi connectivity index (χ2v) is 27.6. The standard InChI is InChI=1S/C71H78N5O.Pt/c1-66(2,3)47-28-31-73-64(40-47)76-60-25-20-19-24-56(60)57-27-26-55(42-62(57)76)77-54-23-21-22-53(41-54)74-44-75(61-29-30-72-43-63(61)74)65-58(45-32-48(67(4,5)6)36-49(33-45)68(7,8)9)38-52(71(16,17)18)39-59(65)46-34-50(69(10,11)12)37-51(35-46)70(13,14)15;/h19-40,43-44H,1-18H3;/q-3;. The molecular formula is C71H78N5OPt-3. The number of rotatable bonds is 7. The molecule has 0 unspecified atom stereocenters. The van der Waals surface area contributed by atoms with Crippen LogP contribution in [0.25, 0.3) is 49.9 Å². The average molecular weight is 1210 g/mol. The molecule has 0 saturated heterocycles. The van der Waals surface area contributed by atoms with E-state index in [1.807, 2.05) is 36.8 Å². The van der Waals surface area contributed by atoms with Crippen molar-refractivity contribution in [3.8, 4) is 39.6 Å². The Hall–Kier alpha value is -6.49. The van der Waals surface area contributed by atoms with E-state index in [1.165, 1.54) is 55.6 Å². The minimum Gasteiger partial charge on any atom is -0.509 e. The van der Waals surface area contributed by atoms with E-state index in [0.29, 0.717) is 11.5 Å². The van der Waals surface area contributed by atoms with Crippen LogP contribution >= 0.6 is 0 Å². The van der Waals surface area contributed by atoms with E-state index in [2.05, 4.69) is 261 Å². The van der Waals surface area contributed by atoms with E-state index in [0.717, 1.165) is 50.4 Å². The van der Waals surface area contributed by atoms with Crippen molar-refractivity contribution in [1.82, 2.24) is 14.5 Å². The zero-order chi connectivity index (χ0) is 55.4. The molecule has 6 nitrogen and oxygen atoms in total. The van der Waals surface area contributed by atoms with Gasteiger partial charge in [-0.05, 0) is 119 Å². The summed E-state index contributed by atoms with van der Waals surface area (Å²) in [5, 5.41) is 2.22. The van der Waals surface area contributed by atoms with Crippen LogP contribution in [0.5, 0.6) is 11.5 Å². The Labute approximate surface area is 480 Å². The molecule has 0 fully saturated rings. The van der Waals surface area contributed by atoms with Crippen LogP contribution in [0.15, 0.2) is 140 Å². The Morgan fingerprint density at radius 1 is 0.449 bits per heavy atom. The summed E-state index contributed by atoms with van der Waals surface area (Å²) in [6.45, 7) is 43.8. The summed E-state index contributed by atoms with van der Waals surface area (Å²) in [6, 6.07) is 52.1. The Kier molecular flexibility index (Phi) is 14.4. The first kappa shape index (κ1) is 56.2. The molecule has 6 aromatic carbocycles. The number of pyridine rings is 2. The van der Waals surface area contributed by atoms with Crippen molar-refractivity contribution < 1.29 is 25.8 Å². The first-order valence-corrected chi connectivity index (χ1v) is 27.4. The van der Waals surface area contributed by atoms with E-state index < -0.39 is 0 Å². The van der Waals surface area contributed by atoms with E-state index >= 15 is 0 Å². The summed E-state index contributed by atoms with van der Waals surface area (Å²) in [5.41, 5.74) is 17.8. The fourth-order valence-corrected chi connectivity index (χ4v) is 10.4. The van der Waals surface area contributed by atoms with Gasteiger partial charge in [-0.15, -0.1) is 48.1 Å². The Bertz CT molecular complexity index is 3570. The maximum Gasteiger partial charge on any atom is 0.135 e. The third-order valence-electron chi connectivity index (χ3n) is 15.3. The summed E-state index contributed by atoms with van der Waals surface area (Å²) in [7, 11) is 0. The Morgan fingerprint density at radius 3 is 1.53 bits per heavy atom. The molecule has 9 aromatic rings.